The molecule has 0 bridgehead atoms. The lowest BCUT2D eigenvalue weighted by molar-refractivity contribution is 0.871. The predicted molar refractivity (Wildman–Crippen MR) is 114 cm³/mol. The van der Waals surface area contributed by atoms with Gasteiger partial charge in [0.2, 0.25) is 0 Å². The van der Waals surface area contributed by atoms with E-state index in [2.05, 4.69) is 90.5 Å². The van der Waals surface area contributed by atoms with Gasteiger partial charge < -0.3 is 5.32 Å². The number of benzene rings is 1. The fraction of sp³-hybridized carbons (Fsp3) is 0.318. The third kappa shape index (κ3) is 3.26. The quantitative estimate of drug-likeness (QED) is 0.513. The highest BCUT2D eigenvalue weighted by Crippen LogP contribution is 2.36. The van der Waals surface area contributed by atoms with Crippen LogP contribution >= 0.6 is 0 Å². The monoisotopic (exact) mass is 374 g/mol. The Balaban J connectivity index is 1.79. The van der Waals surface area contributed by atoms with E-state index in [0.29, 0.717) is 12.0 Å². The van der Waals surface area contributed by atoms with E-state index >= 15 is 0 Å². The van der Waals surface area contributed by atoms with Crippen LogP contribution in [0.5, 0.6) is 0 Å². The van der Waals surface area contributed by atoms with Crippen molar-refractivity contribution in [1.82, 2.24) is 24.8 Å². The second-order valence-corrected chi connectivity index (χ2v) is 7.83. The van der Waals surface area contributed by atoms with Gasteiger partial charge in [-0.2, -0.15) is 10.2 Å². The van der Waals surface area contributed by atoms with Crippen molar-refractivity contribution in [2.45, 2.75) is 46.6 Å². The molecular formula is C22H26N6. The maximum Gasteiger partial charge on any atom is 0.158 e. The minimum absolute atomic E-state index is 0.323. The molecule has 0 unspecified atom stereocenters. The normalized spacial score (nSPS) is 11.7. The highest BCUT2D eigenvalue weighted by atomic mass is 15.3. The van der Waals surface area contributed by atoms with Crippen molar-refractivity contribution in [3.63, 3.8) is 0 Å². The molecule has 3 aromatic heterocycles. The number of fused-ring (bicyclic) bond motifs is 1. The third-order valence-electron chi connectivity index (χ3n) is 4.84. The van der Waals surface area contributed by atoms with Crippen molar-refractivity contribution in [2.75, 3.05) is 5.32 Å². The van der Waals surface area contributed by atoms with Gasteiger partial charge in [-0.25, -0.2) is 9.50 Å². The standard InChI is InChI=1S/C22H26N6/c1-13(2)19-20(16-6-8-18(9-7-16)25-14(3)4)26-27-21(19)17-10-15(5)22-23-12-24-28(22)11-17/h6-14,25H,1-5H3,(H,26,27). The minimum Gasteiger partial charge on any atom is -0.383 e. The Kier molecular flexibility index (Phi) is 4.63. The largest absolute Gasteiger partial charge is 0.383 e. The van der Waals surface area contributed by atoms with E-state index in [-0.39, 0.29) is 0 Å². The number of hydrogen-bond acceptors (Lipinski definition) is 4. The average molecular weight is 374 g/mol. The van der Waals surface area contributed by atoms with Crippen LogP contribution in [0.15, 0.2) is 42.9 Å². The van der Waals surface area contributed by atoms with Gasteiger partial charge in [-0.05, 0) is 50.5 Å². The van der Waals surface area contributed by atoms with Gasteiger partial charge in [-0.3, -0.25) is 5.10 Å². The number of aryl methyl sites for hydroxylation is 1. The van der Waals surface area contributed by atoms with Crippen LogP contribution in [0, 0.1) is 6.92 Å². The molecule has 0 aliphatic carbocycles. The molecule has 0 atom stereocenters. The second kappa shape index (κ2) is 7.11. The number of rotatable bonds is 5. The summed E-state index contributed by atoms with van der Waals surface area (Å²) in [6.45, 7) is 10.7. The summed E-state index contributed by atoms with van der Waals surface area (Å²) in [5.41, 5.74) is 8.51. The third-order valence-corrected chi connectivity index (χ3v) is 4.84. The van der Waals surface area contributed by atoms with Gasteiger partial charge >= 0.3 is 0 Å². The van der Waals surface area contributed by atoms with Crippen molar-refractivity contribution in [2.24, 2.45) is 0 Å². The predicted octanol–water partition coefficient (Wildman–Crippen LogP) is 5.04. The maximum atomic E-state index is 4.68. The summed E-state index contributed by atoms with van der Waals surface area (Å²) in [6, 6.07) is 11.0. The van der Waals surface area contributed by atoms with Crippen molar-refractivity contribution in [3.8, 4) is 22.5 Å². The van der Waals surface area contributed by atoms with Crippen LogP contribution in [0.1, 0.15) is 44.7 Å². The molecule has 0 fully saturated rings. The first-order valence-electron chi connectivity index (χ1n) is 9.69. The molecule has 6 heteroatoms. The zero-order chi connectivity index (χ0) is 19.8. The molecule has 1 aromatic carbocycles. The first-order valence-corrected chi connectivity index (χ1v) is 9.69. The number of hydrogen-bond donors (Lipinski definition) is 2. The number of nitrogens with one attached hydrogen (secondary N) is 2. The molecule has 0 amide bonds. The zero-order valence-electron chi connectivity index (χ0n) is 17.0. The first-order chi connectivity index (χ1) is 13.4. The number of pyridine rings is 1. The smallest absolute Gasteiger partial charge is 0.158 e. The molecule has 0 aliphatic heterocycles. The molecule has 6 nitrogen and oxygen atoms in total. The minimum atomic E-state index is 0.323. The van der Waals surface area contributed by atoms with Crippen molar-refractivity contribution in [1.29, 1.82) is 0 Å². The molecule has 4 aromatic rings. The van der Waals surface area contributed by atoms with Gasteiger partial charge in [0.05, 0.1) is 11.4 Å². The maximum absolute atomic E-state index is 4.68. The molecule has 0 saturated carbocycles. The molecule has 3 heterocycles. The number of anilines is 1. The summed E-state index contributed by atoms with van der Waals surface area (Å²) in [7, 11) is 0. The van der Waals surface area contributed by atoms with Crippen LogP contribution in [0.2, 0.25) is 0 Å². The SMILES string of the molecule is Cc1cc(-c2[nH]nc(-c3ccc(NC(C)C)cc3)c2C(C)C)cn2ncnc12. The van der Waals surface area contributed by atoms with Gasteiger partial charge in [0.1, 0.15) is 6.33 Å². The van der Waals surface area contributed by atoms with Crippen LogP contribution < -0.4 is 5.32 Å². The lowest BCUT2D eigenvalue weighted by atomic mass is 9.94. The highest BCUT2D eigenvalue weighted by molar-refractivity contribution is 5.76. The van der Waals surface area contributed by atoms with Crippen LogP contribution in [0.25, 0.3) is 28.2 Å². The van der Waals surface area contributed by atoms with Crippen molar-refractivity contribution >= 4 is 11.3 Å². The van der Waals surface area contributed by atoms with Gasteiger partial charge in [-0.1, -0.05) is 26.0 Å². The molecule has 4 rings (SSSR count). The summed E-state index contributed by atoms with van der Waals surface area (Å²) in [6.07, 6.45) is 3.59. The van der Waals surface area contributed by atoms with E-state index in [1.54, 1.807) is 6.33 Å². The topological polar surface area (TPSA) is 70.9 Å². The van der Waals surface area contributed by atoms with Gasteiger partial charge in [0.25, 0.3) is 0 Å². The molecule has 0 saturated heterocycles. The van der Waals surface area contributed by atoms with Crippen LogP contribution in [0.3, 0.4) is 0 Å². The molecule has 0 spiro atoms. The molecule has 2 N–H and O–H groups in total. The zero-order valence-corrected chi connectivity index (χ0v) is 17.0. The summed E-state index contributed by atoms with van der Waals surface area (Å²) >= 11 is 0. The van der Waals surface area contributed by atoms with Crippen LogP contribution in [-0.4, -0.2) is 30.8 Å². The van der Waals surface area contributed by atoms with E-state index in [1.807, 2.05) is 10.7 Å². The lowest BCUT2D eigenvalue weighted by Crippen LogP contribution is -2.09. The van der Waals surface area contributed by atoms with Crippen LogP contribution in [0.4, 0.5) is 5.69 Å². The Hall–Kier alpha value is -3.15. The molecule has 0 aliphatic rings. The Morgan fingerprint density at radius 2 is 1.79 bits per heavy atom. The van der Waals surface area contributed by atoms with Crippen molar-refractivity contribution < 1.29 is 0 Å². The molecule has 144 valence electrons. The number of aromatic amines is 1. The summed E-state index contributed by atoms with van der Waals surface area (Å²) < 4.78 is 1.82. The Morgan fingerprint density at radius 3 is 2.46 bits per heavy atom. The van der Waals surface area contributed by atoms with E-state index in [0.717, 1.165) is 39.4 Å². The first kappa shape index (κ1) is 18.2. The fourth-order valence-corrected chi connectivity index (χ4v) is 3.64. The highest BCUT2D eigenvalue weighted by Gasteiger charge is 2.20. The number of nitrogens with zero attached hydrogens (tertiary/aromatic N) is 4. The molecular weight excluding hydrogens is 348 g/mol. The lowest BCUT2D eigenvalue weighted by Gasteiger charge is -2.12. The number of H-pyrrole nitrogens is 1. The second-order valence-electron chi connectivity index (χ2n) is 7.83. The summed E-state index contributed by atoms with van der Waals surface area (Å²) in [5, 5.41) is 15.7. The molecule has 28 heavy (non-hydrogen) atoms. The van der Waals surface area contributed by atoms with E-state index in [1.165, 1.54) is 5.56 Å². The van der Waals surface area contributed by atoms with Gasteiger partial charge in [0, 0.05) is 34.6 Å². The average Bonchev–Trinajstić information content (AvgIpc) is 3.29. The fourth-order valence-electron chi connectivity index (χ4n) is 3.64. The Bertz CT molecular complexity index is 1100. The van der Waals surface area contributed by atoms with Gasteiger partial charge in [0.15, 0.2) is 5.65 Å². The summed E-state index contributed by atoms with van der Waals surface area (Å²) in [4.78, 5) is 4.31. The van der Waals surface area contributed by atoms with E-state index < -0.39 is 0 Å². The summed E-state index contributed by atoms with van der Waals surface area (Å²) in [5.74, 6) is 0.323. The Labute approximate surface area is 165 Å². The Morgan fingerprint density at radius 1 is 1.04 bits per heavy atom. The van der Waals surface area contributed by atoms with Crippen LogP contribution in [-0.2, 0) is 0 Å². The van der Waals surface area contributed by atoms with E-state index in [4.69, 9.17) is 0 Å². The van der Waals surface area contributed by atoms with Crippen molar-refractivity contribution in [3.05, 3.63) is 54.0 Å². The number of aromatic nitrogens is 5. The van der Waals surface area contributed by atoms with Gasteiger partial charge in [-0.15, -0.1) is 0 Å². The molecule has 0 radical (unpaired) electrons. The van der Waals surface area contributed by atoms with E-state index in [9.17, 15) is 0 Å².